The van der Waals surface area contributed by atoms with Crippen LogP contribution in [0.5, 0.6) is 0 Å². The van der Waals surface area contributed by atoms with Crippen molar-refractivity contribution in [3.63, 3.8) is 0 Å². The molecule has 0 amide bonds. The second kappa shape index (κ2) is 6.16. The number of benzene rings is 1. The van der Waals surface area contributed by atoms with Gasteiger partial charge in [0.05, 0.1) is 17.0 Å². The number of carbonyl (C=O) groups excluding carboxylic acids is 1. The second-order valence-electron chi connectivity index (χ2n) is 7.15. The van der Waals surface area contributed by atoms with Crippen LogP contribution in [0.15, 0.2) is 30.3 Å². The summed E-state index contributed by atoms with van der Waals surface area (Å²) in [5.41, 5.74) is 6.68. The van der Waals surface area contributed by atoms with E-state index in [9.17, 15) is 4.79 Å². The molecule has 1 unspecified atom stereocenters. The lowest BCUT2D eigenvalue weighted by molar-refractivity contribution is 0.0963. The topological polar surface area (TPSA) is 60.7 Å². The number of hydrogen-bond acceptors (Lipinski definition) is 4. The first kappa shape index (κ1) is 16.6. The highest BCUT2D eigenvalue weighted by molar-refractivity contribution is 6.00. The lowest BCUT2D eigenvalue weighted by Crippen LogP contribution is -2.21. The molecule has 1 aromatic carbocycles. The third-order valence-corrected chi connectivity index (χ3v) is 5.09. The van der Waals surface area contributed by atoms with Crippen molar-refractivity contribution >= 4 is 5.78 Å². The van der Waals surface area contributed by atoms with Crippen LogP contribution in [0.2, 0.25) is 0 Å². The molecule has 1 atom stereocenters. The Morgan fingerprint density at radius 1 is 1.00 bits per heavy atom. The van der Waals surface area contributed by atoms with Gasteiger partial charge in [-0.15, -0.1) is 0 Å². The fourth-order valence-electron chi connectivity index (χ4n) is 3.99. The molecule has 2 aromatic heterocycles. The molecular formula is C21H22N4O. The van der Waals surface area contributed by atoms with Gasteiger partial charge in [0.2, 0.25) is 0 Å². The van der Waals surface area contributed by atoms with Crippen LogP contribution in [0.25, 0.3) is 5.95 Å². The van der Waals surface area contributed by atoms with Crippen molar-refractivity contribution < 1.29 is 4.79 Å². The predicted octanol–water partition coefficient (Wildman–Crippen LogP) is 3.81. The summed E-state index contributed by atoms with van der Waals surface area (Å²) in [6.07, 6.45) is 1.29. The Balaban J connectivity index is 1.84. The minimum absolute atomic E-state index is 0.160. The standard InChI is InChI=1S/C21H22N4O/c1-12-7-5-6-8-17(12)16-10-18-20(19(26)11-16)15(4)24-25(18)21-22-13(2)9-14(3)23-21/h5-9,16H,10-11H2,1-4H3. The van der Waals surface area contributed by atoms with Gasteiger partial charge in [0.1, 0.15) is 0 Å². The molecule has 5 nitrogen and oxygen atoms in total. The first-order valence-electron chi connectivity index (χ1n) is 8.94. The van der Waals surface area contributed by atoms with Gasteiger partial charge in [0.15, 0.2) is 5.78 Å². The molecule has 0 fully saturated rings. The first-order valence-corrected chi connectivity index (χ1v) is 8.94. The molecule has 0 bridgehead atoms. The highest BCUT2D eigenvalue weighted by atomic mass is 16.1. The number of fused-ring (bicyclic) bond motifs is 1. The fourth-order valence-corrected chi connectivity index (χ4v) is 3.99. The molecule has 26 heavy (non-hydrogen) atoms. The quantitative estimate of drug-likeness (QED) is 0.708. The second-order valence-corrected chi connectivity index (χ2v) is 7.15. The zero-order valence-electron chi connectivity index (χ0n) is 15.6. The Bertz CT molecular complexity index is 999. The number of ketones is 1. The molecule has 0 saturated heterocycles. The summed E-state index contributed by atoms with van der Waals surface area (Å²) in [5.74, 6) is 0.870. The van der Waals surface area contributed by atoms with Gasteiger partial charge in [0, 0.05) is 17.8 Å². The van der Waals surface area contributed by atoms with Gasteiger partial charge in [-0.1, -0.05) is 24.3 Å². The molecule has 1 aliphatic carbocycles. The van der Waals surface area contributed by atoms with Gasteiger partial charge < -0.3 is 0 Å². The Morgan fingerprint density at radius 3 is 2.38 bits per heavy atom. The highest BCUT2D eigenvalue weighted by Crippen LogP contribution is 2.36. The first-order chi connectivity index (χ1) is 12.4. The molecule has 5 heteroatoms. The van der Waals surface area contributed by atoms with Crippen LogP contribution in [0.1, 0.15) is 56.6 Å². The Labute approximate surface area is 153 Å². The van der Waals surface area contributed by atoms with Crippen LogP contribution >= 0.6 is 0 Å². The van der Waals surface area contributed by atoms with E-state index >= 15 is 0 Å². The van der Waals surface area contributed by atoms with Gasteiger partial charge >= 0.3 is 0 Å². The van der Waals surface area contributed by atoms with Gasteiger partial charge in [-0.25, -0.2) is 14.6 Å². The molecule has 0 N–H and O–H groups in total. The van der Waals surface area contributed by atoms with Crippen molar-refractivity contribution in [2.45, 2.75) is 46.5 Å². The molecule has 0 spiro atoms. The molecule has 3 aromatic rings. The normalized spacial score (nSPS) is 16.6. The summed E-state index contributed by atoms with van der Waals surface area (Å²) in [5, 5.41) is 4.62. The Morgan fingerprint density at radius 2 is 1.69 bits per heavy atom. The maximum absolute atomic E-state index is 12.9. The Hall–Kier alpha value is -2.82. The van der Waals surface area contributed by atoms with Crippen LogP contribution in [0, 0.1) is 27.7 Å². The molecule has 0 aliphatic heterocycles. The van der Waals surface area contributed by atoms with Crippen molar-refractivity contribution in [1.29, 1.82) is 0 Å². The minimum Gasteiger partial charge on any atom is -0.294 e. The third kappa shape index (κ3) is 2.73. The van der Waals surface area contributed by atoms with Crippen molar-refractivity contribution in [3.05, 3.63) is 69.8 Å². The predicted molar refractivity (Wildman–Crippen MR) is 99.9 cm³/mol. The fraction of sp³-hybridized carbons (Fsp3) is 0.333. The van der Waals surface area contributed by atoms with Gasteiger partial charge in [-0.3, -0.25) is 4.79 Å². The van der Waals surface area contributed by atoms with E-state index in [4.69, 9.17) is 0 Å². The molecule has 2 heterocycles. The van der Waals surface area contributed by atoms with Gasteiger partial charge in [-0.2, -0.15) is 5.10 Å². The summed E-state index contributed by atoms with van der Waals surface area (Å²) in [6.45, 7) is 7.89. The monoisotopic (exact) mass is 346 g/mol. The number of Topliss-reactive ketones (excluding diaryl/α,β-unsaturated/α-hetero) is 1. The lowest BCUT2D eigenvalue weighted by atomic mass is 9.80. The van der Waals surface area contributed by atoms with E-state index in [1.165, 1.54) is 11.1 Å². The van der Waals surface area contributed by atoms with E-state index in [0.717, 1.165) is 34.8 Å². The number of hydrogen-bond donors (Lipinski definition) is 0. The van der Waals surface area contributed by atoms with E-state index in [0.29, 0.717) is 12.4 Å². The largest absolute Gasteiger partial charge is 0.294 e. The van der Waals surface area contributed by atoms with Crippen molar-refractivity contribution in [1.82, 2.24) is 19.7 Å². The van der Waals surface area contributed by atoms with E-state index in [1.807, 2.05) is 39.0 Å². The number of rotatable bonds is 2. The molecule has 0 saturated carbocycles. The van der Waals surface area contributed by atoms with Crippen molar-refractivity contribution in [2.75, 3.05) is 0 Å². The van der Waals surface area contributed by atoms with E-state index < -0.39 is 0 Å². The lowest BCUT2D eigenvalue weighted by Gasteiger charge is -2.24. The van der Waals surface area contributed by atoms with E-state index in [-0.39, 0.29) is 11.7 Å². The maximum atomic E-state index is 12.9. The number of carbonyl (C=O) groups is 1. The molecular weight excluding hydrogens is 324 g/mol. The minimum atomic E-state index is 0.160. The van der Waals surface area contributed by atoms with Crippen LogP contribution in [-0.4, -0.2) is 25.5 Å². The maximum Gasteiger partial charge on any atom is 0.251 e. The third-order valence-electron chi connectivity index (χ3n) is 5.09. The average molecular weight is 346 g/mol. The summed E-state index contributed by atoms with van der Waals surface area (Å²) >= 11 is 0. The van der Waals surface area contributed by atoms with Crippen molar-refractivity contribution in [3.8, 4) is 5.95 Å². The van der Waals surface area contributed by atoms with Crippen LogP contribution in [0.4, 0.5) is 0 Å². The summed E-state index contributed by atoms with van der Waals surface area (Å²) in [6, 6.07) is 10.2. The average Bonchev–Trinajstić information content (AvgIpc) is 2.91. The number of aromatic nitrogens is 4. The van der Waals surface area contributed by atoms with Gasteiger partial charge in [-0.05, 0) is 57.2 Å². The SMILES string of the molecule is Cc1cc(C)nc(-n2nc(C)c3c2CC(c2ccccc2C)CC3=O)n1. The molecule has 132 valence electrons. The Kier molecular flexibility index (Phi) is 3.94. The van der Waals surface area contributed by atoms with E-state index in [1.54, 1.807) is 4.68 Å². The van der Waals surface area contributed by atoms with E-state index in [2.05, 4.69) is 34.1 Å². The highest BCUT2D eigenvalue weighted by Gasteiger charge is 2.33. The van der Waals surface area contributed by atoms with Crippen LogP contribution in [-0.2, 0) is 6.42 Å². The smallest absolute Gasteiger partial charge is 0.251 e. The summed E-state index contributed by atoms with van der Waals surface area (Å²) < 4.78 is 1.77. The van der Waals surface area contributed by atoms with Gasteiger partial charge in [0.25, 0.3) is 5.95 Å². The number of nitrogens with zero attached hydrogens (tertiary/aromatic N) is 4. The molecule has 4 rings (SSSR count). The van der Waals surface area contributed by atoms with Crippen LogP contribution < -0.4 is 0 Å². The molecule has 0 radical (unpaired) electrons. The number of aryl methyl sites for hydroxylation is 4. The zero-order chi connectivity index (χ0) is 18.4. The summed E-state index contributed by atoms with van der Waals surface area (Å²) in [4.78, 5) is 22.0. The summed E-state index contributed by atoms with van der Waals surface area (Å²) in [7, 11) is 0. The molecule has 1 aliphatic rings. The van der Waals surface area contributed by atoms with Crippen molar-refractivity contribution in [2.24, 2.45) is 0 Å². The van der Waals surface area contributed by atoms with Crippen LogP contribution in [0.3, 0.4) is 0 Å². The zero-order valence-corrected chi connectivity index (χ0v) is 15.6.